The normalized spacial score (nSPS) is 15.6. The van der Waals surface area contributed by atoms with Crippen LogP contribution in [0.2, 0.25) is 0 Å². The average molecular weight is 489 g/mol. The van der Waals surface area contributed by atoms with Crippen LogP contribution in [0.5, 0.6) is 5.75 Å². The number of fused-ring (bicyclic) bond motifs is 2. The highest BCUT2D eigenvalue weighted by Crippen LogP contribution is 2.34. The minimum Gasteiger partial charge on any atom is -0.485 e. The third-order valence-corrected chi connectivity index (χ3v) is 6.41. The molecule has 6 heteroatoms. The summed E-state index contributed by atoms with van der Waals surface area (Å²) in [7, 11) is 0. The van der Waals surface area contributed by atoms with Crippen LogP contribution in [0.25, 0.3) is 10.8 Å². The molecular formula is C29H29ClN2O3. The van der Waals surface area contributed by atoms with Gasteiger partial charge in [-0.15, -0.1) is 12.4 Å². The second kappa shape index (κ2) is 10.8. The molecule has 0 aliphatic carbocycles. The van der Waals surface area contributed by atoms with Gasteiger partial charge in [-0.2, -0.15) is 0 Å². The van der Waals surface area contributed by atoms with Gasteiger partial charge in [0.2, 0.25) is 0 Å². The molecule has 1 aliphatic heterocycles. The first-order valence-corrected chi connectivity index (χ1v) is 11.6. The molecule has 4 aromatic carbocycles. The fourth-order valence-corrected chi connectivity index (χ4v) is 4.70. The number of carboxylic acid groups (broad SMARTS) is 1. The van der Waals surface area contributed by atoms with Gasteiger partial charge in [0, 0.05) is 19.1 Å². The highest BCUT2D eigenvalue weighted by Gasteiger charge is 2.26. The zero-order valence-electron chi connectivity index (χ0n) is 19.6. The Morgan fingerprint density at radius 3 is 2.63 bits per heavy atom. The maximum absolute atomic E-state index is 11.4. The number of hydrogen-bond donors (Lipinski definition) is 2. The van der Waals surface area contributed by atoms with Gasteiger partial charge < -0.3 is 20.1 Å². The summed E-state index contributed by atoms with van der Waals surface area (Å²) in [5.41, 5.74) is 3.58. The summed E-state index contributed by atoms with van der Waals surface area (Å²) in [5, 5.41) is 15.5. The number of nitrogens with one attached hydrogen (secondary N) is 1. The highest BCUT2D eigenvalue weighted by molar-refractivity contribution is 5.88. The molecule has 0 spiro atoms. The van der Waals surface area contributed by atoms with Crippen molar-refractivity contribution in [3.05, 3.63) is 108 Å². The number of halogens is 1. The molecule has 0 fully saturated rings. The van der Waals surface area contributed by atoms with E-state index in [0.717, 1.165) is 17.0 Å². The smallest absolute Gasteiger partial charge is 0.335 e. The van der Waals surface area contributed by atoms with Crippen molar-refractivity contribution in [1.29, 1.82) is 0 Å². The predicted octanol–water partition coefficient (Wildman–Crippen LogP) is 6.08. The van der Waals surface area contributed by atoms with E-state index in [4.69, 9.17) is 4.74 Å². The van der Waals surface area contributed by atoms with Gasteiger partial charge in [0.05, 0.1) is 17.8 Å². The number of carboxylic acids is 1. The molecule has 5 nitrogen and oxygen atoms in total. The standard InChI is InChI=1S/C29H28N2O3.ClH/c1-20(25-13-7-10-22-9-2-3-12-26(22)25)30-17-24-19-31(27-14-4-5-15-28(27)34-24)18-21-8-6-11-23(16-21)29(32)33;/h2-16,20,24,30H,17-19H2,1H3,(H,32,33);1H/t20-,24?;/m1./s1. The number of hydrogen-bond acceptors (Lipinski definition) is 4. The Hall–Kier alpha value is -3.54. The molecule has 0 aromatic heterocycles. The number of carbonyl (C=O) groups is 1. The fourth-order valence-electron chi connectivity index (χ4n) is 4.70. The van der Waals surface area contributed by atoms with Gasteiger partial charge >= 0.3 is 5.97 Å². The number of rotatable bonds is 7. The van der Waals surface area contributed by atoms with Crippen molar-refractivity contribution in [2.45, 2.75) is 25.6 Å². The van der Waals surface area contributed by atoms with Crippen LogP contribution in [0.15, 0.2) is 91.0 Å². The van der Waals surface area contributed by atoms with Crippen molar-refractivity contribution >= 4 is 34.8 Å². The highest BCUT2D eigenvalue weighted by atomic mass is 35.5. The molecule has 5 rings (SSSR count). The molecule has 4 aromatic rings. The van der Waals surface area contributed by atoms with Crippen molar-refractivity contribution in [2.75, 3.05) is 18.0 Å². The number of ether oxygens (including phenoxy) is 1. The Kier molecular flexibility index (Phi) is 7.59. The summed E-state index contributed by atoms with van der Waals surface area (Å²) in [4.78, 5) is 13.7. The quantitative estimate of drug-likeness (QED) is 0.330. The van der Waals surface area contributed by atoms with Crippen LogP contribution < -0.4 is 15.0 Å². The summed E-state index contributed by atoms with van der Waals surface area (Å²) < 4.78 is 6.34. The first-order chi connectivity index (χ1) is 16.6. The van der Waals surface area contributed by atoms with Crippen LogP contribution >= 0.6 is 12.4 Å². The monoisotopic (exact) mass is 488 g/mol. The molecule has 35 heavy (non-hydrogen) atoms. The van der Waals surface area contributed by atoms with Gasteiger partial charge in [-0.1, -0.05) is 66.7 Å². The number of para-hydroxylation sites is 2. The fraction of sp³-hybridized carbons (Fsp3) is 0.207. The molecule has 2 atom stereocenters. The van der Waals surface area contributed by atoms with E-state index in [-0.39, 0.29) is 24.6 Å². The first kappa shape index (κ1) is 24.6. The molecule has 0 amide bonds. The number of aromatic carboxylic acids is 1. The maximum Gasteiger partial charge on any atom is 0.335 e. The zero-order valence-corrected chi connectivity index (χ0v) is 20.4. The van der Waals surface area contributed by atoms with E-state index >= 15 is 0 Å². The van der Waals surface area contributed by atoms with E-state index in [2.05, 4.69) is 65.7 Å². The van der Waals surface area contributed by atoms with Gasteiger partial charge in [-0.25, -0.2) is 4.79 Å². The summed E-state index contributed by atoms with van der Waals surface area (Å²) in [6.45, 7) is 4.22. The molecule has 0 radical (unpaired) electrons. The second-order valence-electron chi connectivity index (χ2n) is 8.79. The zero-order chi connectivity index (χ0) is 23.5. The lowest BCUT2D eigenvalue weighted by molar-refractivity contribution is 0.0696. The van der Waals surface area contributed by atoms with Crippen molar-refractivity contribution < 1.29 is 14.6 Å². The Morgan fingerprint density at radius 1 is 1.03 bits per heavy atom. The Balaban J connectivity index is 0.00000289. The molecule has 180 valence electrons. The van der Waals surface area contributed by atoms with Gasteiger partial charge in [0.25, 0.3) is 0 Å². The Morgan fingerprint density at radius 2 is 1.77 bits per heavy atom. The molecule has 1 aliphatic rings. The lowest BCUT2D eigenvalue weighted by atomic mass is 9.99. The van der Waals surface area contributed by atoms with Crippen LogP contribution in [0.4, 0.5) is 5.69 Å². The molecular weight excluding hydrogens is 460 g/mol. The lowest BCUT2D eigenvalue weighted by Gasteiger charge is -2.37. The minimum absolute atomic E-state index is 0. The van der Waals surface area contributed by atoms with Crippen LogP contribution in [0.3, 0.4) is 0 Å². The van der Waals surface area contributed by atoms with Crippen molar-refractivity contribution in [3.8, 4) is 5.75 Å². The third-order valence-electron chi connectivity index (χ3n) is 6.41. The van der Waals surface area contributed by atoms with Crippen LogP contribution in [-0.2, 0) is 6.54 Å². The second-order valence-corrected chi connectivity index (χ2v) is 8.79. The first-order valence-electron chi connectivity index (χ1n) is 11.6. The van der Waals surface area contributed by atoms with E-state index in [1.165, 1.54) is 16.3 Å². The molecule has 0 saturated heterocycles. The summed E-state index contributed by atoms with van der Waals surface area (Å²) in [6, 6.07) is 30.2. The maximum atomic E-state index is 11.4. The molecule has 1 heterocycles. The van der Waals surface area contributed by atoms with Crippen molar-refractivity contribution in [1.82, 2.24) is 5.32 Å². The van der Waals surface area contributed by atoms with Gasteiger partial charge in [-0.3, -0.25) is 0 Å². The van der Waals surface area contributed by atoms with Crippen molar-refractivity contribution in [2.24, 2.45) is 0 Å². The van der Waals surface area contributed by atoms with E-state index in [0.29, 0.717) is 25.2 Å². The van der Waals surface area contributed by atoms with Crippen LogP contribution in [0, 0.1) is 0 Å². The van der Waals surface area contributed by atoms with Gasteiger partial charge in [0.1, 0.15) is 11.9 Å². The van der Waals surface area contributed by atoms with Gasteiger partial charge in [-0.05, 0) is 53.1 Å². The summed E-state index contributed by atoms with van der Waals surface area (Å²) in [5.74, 6) is -0.0542. The summed E-state index contributed by atoms with van der Waals surface area (Å²) in [6.07, 6.45) is -0.0324. The van der Waals surface area contributed by atoms with Crippen LogP contribution in [-0.4, -0.2) is 30.3 Å². The Bertz CT molecular complexity index is 1320. The van der Waals surface area contributed by atoms with Crippen molar-refractivity contribution in [3.63, 3.8) is 0 Å². The predicted molar refractivity (Wildman–Crippen MR) is 143 cm³/mol. The molecule has 1 unspecified atom stereocenters. The third kappa shape index (κ3) is 5.42. The molecule has 0 saturated carbocycles. The number of anilines is 1. The number of nitrogens with zero attached hydrogens (tertiary/aromatic N) is 1. The van der Waals surface area contributed by atoms with Crippen LogP contribution in [0.1, 0.15) is 34.5 Å². The SMILES string of the molecule is C[C@@H](NCC1CN(Cc2cccc(C(=O)O)c2)c2ccccc2O1)c1cccc2ccccc12.Cl. The molecule has 2 N–H and O–H groups in total. The largest absolute Gasteiger partial charge is 0.485 e. The Labute approximate surface area is 211 Å². The lowest BCUT2D eigenvalue weighted by Crippen LogP contribution is -2.45. The van der Waals surface area contributed by atoms with E-state index in [1.54, 1.807) is 18.2 Å². The summed E-state index contributed by atoms with van der Waals surface area (Å²) >= 11 is 0. The average Bonchev–Trinajstić information content (AvgIpc) is 2.87. The topological polar surface area (TPSA) is 61.8 Å². The van der Waals surface area contributed by atoms with Gasteiger partial charge in [0.15, 0.2) is 0 Å². The van der Waals surface area contributed by atoms with E-state index in [9.17, 15) is 9.90 Å². The molecule has 0 bridgehead atoms. The number of benzene rings is 4. The minimum atomic E-state index is -0.909. The van der Waals surface area contributed by atoms with E-state index < -0.39 is 5.97 Å². The van der Waals surface area contributed by atoms with E-state index in [1.807, 2.05) is 24.3 Å².